The third-order valence-electron chi connectivity index (χ3n) is 3.02. The molecule has 5 nitrogen and oxygen atoms in total. The minimum absolute atomic E-state index is 0.510. The number of nitrogens with one attached hydrogen (secondary N) is 1. The molecule has 0 aliphatic rings. The first-order valence-corrected chi connectivity index (χ1v) is 5.87. The van der Waals surface area contributed by atoms with Crippen molar-refractivity contribution in [3.8, 4) is 5.75 Å². The lowest BCUT2D eigenvalue weighted by Crippen LogP contribution is -1.98. The van der Waals surface area contributed by atoms with Gasteiger partial charge in [-0.3, -0.25) is 9.51 Å². The Bertz CT molecular complexity index is 773. The van der Waals surface area contributed by atoms with Crippen LogP contribution in [0, 0.1) is 0 Å². The zero-order valence-corrected chi connectivity index (χ0v) is 10.3. The Kier molecular flexibility index (Phi) is 2.79. The quantitative estimate of drug-likeness (QED) is 0.779. The zero-order chi connectivity index (χ0) is 13.2. The number of aromatic nitrogens is 2. The van der Waals surface area contributed by atoms with Crippen LogP contribution < -0.4 is 10.5 Å². The highest BCUT2D eigenvalue weighted by Crippen LogP contribution is 2.25. The zero-order valence-electron chi connectivity index (χ0n) is 10.3. The van der Waals surface area contributed by atoms with E-state index in [1.165, 1.54) is 0 Å². The van der Waals surface area contributed by atoms with Crippen LogP contribution in [0.4, 0.5) is 0 Å². The van der Waals surface area contributed by atoms with Crippen molar-refractivity contribution in [3.63, 3.8) is 0 Å². The van der Waals surface area contributed by atoms with Gasteiger partial charge in [0.15, 0.2) is 5.82 Å². The van der Waals surface area contributed by atoms with Crippen LogP contribution in [-0.2, 0) is 6.42 Å². The molecule has 5 heteroatoms. The Labute approximate surface area is 108 Å². The van der Waals surface area contributed by atoms with E-state index in [0.717, 1.165) is 22.1 Å². The van der Waals surface area contributed by atoms with Crippen molar-refractivity contribution in [2.75, 3.05) is 7.11 Å². The van der Waals surface area contributed by atoms with Crippen molar-refractivity contribution >= 4 is 10.8 Å². The second-order valence-corrected chi connectivity index (χ2v) is 4.22. The van der Waals surface area contributed by atoms with Gasteiger partial charge in [0.25, 0.3) is 0 Å². The molecule has 0 radical (unpaired) electrons. The predicted molar refractivity (Wildman–Crippen MR) is 70.4 cm³/mol. The van der Waals surface area contributed by atoms with Crippen LogP contribution in [0.5, 0.6) is 5.75 Å². The summed E-state index contributed by atoms with van der Waals surface area (Å²) in [6, 6.07) is 11.9. The summed E-state index contributed by atoms with van der Waals surface area (Å²) < 4.78 is 9.75. The summed E-state index contributed by atoms with van der Waals surface area (Å²) in [6.45, 7) is 0. The predicted octanol–water partition coefficient (Wildman–Crippen LogP) is 2.12. The number of H-pyrrole nitrogens is 1. The fraction of sp³-hybridized carbons (Fsp3) is 0.143. The van der Waals surface area contributed by atoms with Crippen LogP contribution in [0.25, 0.3) is 10.8 Å². The maximum Gasteiger partial charge on any atom is 0.438 e. The molecule has 0 bridgehead atoms. The highest BCUT2D eigenvalue weighted by atomic mass is 16.5. The van der Waals surface area contributed by atoms with Crippen molar-refractivity contribution in [2.24, 2.45) is 0 Å². The molecule has 0 unspecified atom stereocenters. The summed E-state index contributed by atoms with van der Waals surface area (Å²) in [4.78, 5) is 13.5. The Morgan fingerprint density at radius 2 is 2.21 bits per heavy atom. The van der Waals surface area contributed by atoms with E-state index in [-0.39, 0.29) is 0 Å². The SMILES string of the molecule is COc1ccc2cccc(Cc3noc(=O)[nH]3)c2c1. The number of methoxy groups -OCH3 is 1. The van der Waals surface area contributed by atoms with Gasteiger partial charge in [0.05, 0.1) is 7.11 Å². The van der Waals surface area contributed by atoms with Crippen molar-refractivity contribution < 1.29 is 9.26 Å². The maximum absolute atomic E-state index is 10.9. The van der Waals surface area contributed by atoms with E-state index >= 15 is 0 Å². The van der Waals surface area contributed by atoms with Gasteiger partial charge in [0.1, 0.15) is 5.75 Å². The fourth-order valence-corrected chi connectivity index (χ4v) is 2.11. The molecule has 3 rings (SSSR count). The normalized spacial score (nSPS) is 10.8. The molecule has 19 heavy (non-hydrogen) atoms. The van der Waals surface area contributed by atoms with Crippen molar-refractivity contribution in [1.29, 1.82) is 0 Å². The lowest BCUT2D eigenvalue weighted by Gasteiger charge is -2.07. The van der Waals surface area contributed by atoms with Gasteiger partial charge in [0, 0.05) is 6.42 Å². The van der Waals surface area contributed by atoms with Crippen LogP contribution in [-0.4, -0.2) is 17.3 Å². The standard InChI is InChI=1S/C14H12N2O3/c1-18-11-6-5-9-3-2-4-10(12(9)8-11)7-13-15-14(17)19-16-13/h2-6,8H,7H2,1H3,(H,15,16,17). The first-order valence-electron chi connectivity index (χ1n) is 5.87. The molecule has 0 aliphatic carbocycles. The first kappa shape index (κ1) is 11.5. The van der Waals surface area contributed by atoms with Crippen molar-refractivity contribution in [2.45, 2.75) is 6.42 Å². The molecule has 1 heterocycles. The van der Waals surface area contributed by atoms with Gasteiger partial charge in [-0.25, -0.2) is 4.79 Å². The molecule has 3 aromatic rings. The van der Waals surface area contributed by atoms with E-state index in [0.29, 0.717) is 12.2 Å². The molecule has 1 aromatic heterocycles. The average Bonchev–Trinajstić information content (AvgIpc) is 2.84. The molecular formula is C14H12N2O3. The first-order chi connectivity index (χ1) is 9.26. The summed E-state index contributed by atoms with van der Waals surface area (Å²) in [6.07, 6.45) is 0.510. The summed E-state index contributed by atoms with van der Waals surface area (Å²) in [5.41, 5.74) is 1.06. The van der Waals surface area contributed by atoms with Crippen LogP contribution in [0.15, 0.2) is 45.7 Å². The van der Waals surface area contributed by atoms with Gasteiger partial charge in [0.2, 0.25) is 0 Å². The minimum atomic E-state index is -0.534. The smallest absolute Gasteiger partial charge is 0.438 e. The third-order valence-corrected chi connectivity index (χ3v) is 3.02. The third kappa shape index (κ3) is 2.22. The summed E-state index contributed by atoms with van der Waals surface area (Å²) in [5.74, 6) is 0.779. The molecular weight excluding hydrogens is 244 g/mol. The van der Waals surface area contributed by atoms with Crippen LogP contribution in [0.2, 0.25) is 0 Å². The topological polar surface area (TPSA) is 68.1 Å². The largest absolute Gasteiger partial charge is 0.497 e. The van der Waals surface area contributed by atoms with Gasteiger partial charge in [-0.15, -0.1) is 0 Å². The molecule has 96 valence electrons. The van der Waals surface area contributed by atoms with Gasteiger partial charge in [-0.05, 0) is 28.5 Å². The monoisotopic (exact) mass is 256 g/mol. The number of benzene rings is 2. The lowest BCUT2D eigenvalue weighted by atomic mass is 10.0. The second-order valence-electron chi connectivity index (χ2n) is 4.22. The number of ether oxygens (including phenoxy) is 1. The summed E-state index contributed by atoms with van der Waals surface area (Å²) >= 11 is 0. The van der Waals surface area contributed by atoms with Gasteiger partial charge < -0.3 is 4.74 Å². The Morgan fingerprint density at radius 1 is 1.32 bits per heavy atom. The van der Waals surface area contributed by atoms with Crippen molar-refractivity contribution in [3.05, 3.63) is 58.3 Å². The van der Waals surface area contributed by atoms with E-state index in [9.17, 15) is 4.79 Å². The molecule has 1 N–H and O–H groups in total. The van der Waals surface area contributed by atoms with Gasteiger partial charge >= 0.3 is 5.76 Å². The maximum atomic E-state index is 10.9. The molecule has 0 saturated heterocycles. The van der Waals surface area contributed by atoms with E-state index in [1.54, 1.807) is 7.11 Å². The Morgan fingerprint density at radius 3 is 2.95 bits per heavy atom. The molecule has 0 aliphatic heterocycles. The van der Waals surface area contributed by atoms with Gasteiger partial charge in [-0.2, -0.15) is 0 Å². The highest BCUT2D eigenvalue weighted by Gasteiger charge is 2.07. The molecule has 0 saturated carbocycles. The van der Waals surface area contributed by atoms with E-state index in [4.69, 9.17) is 4.74 Å². The Hall–Kier alpha value is -2.56. The fourth-order valence-electron chi connectivity index (χ4n) is 2.11. The number of aromatic amines is 1. The highest BCUT2D eigenvalue weighted by molar-refractivity contribution is 5.87. The Balaban J connectivity index is 2.09. The number of hydrogen-bond acceptors (Lipinski definition) is 4. The van der Waals surface area contributed by atoms with E-state index < -0.39 is 5.76 Å². The van der Waals surface area contributed by atoms with Crippen LogP contribution >= 0.6 is 0 Å². The number of hydrogen-bond donors (Lipinski definition) is 1. The molecule has 0 spiro atoms. The number of fused-ring (bicyclic) bond motifs is 1. The number of rotatable bonds is 3. The molecule has 0 fully saturated rings. The second kappa shape index (κ2) is 4.61. The van der Waals surface area contributed by atoms with Crippen LogP contribution in [0.1, 0.15) is 11.4 Å². The number of nitrogens with zero attached hydrogens (tertiary/aromatic N) is 1. The summed E-state index contributed by atoms with van der Waals surface area (Å²) in [5, 5.41) is 5.88. The van der Waals surface area contributed by atoms with Gasteiger partial charge in [-0.1, -0.05) is 29.4 Å². The van der Waals surface area contributed by atoms with Crippen molar-refractivity contribution in [1.82, 2.24) is 10.1 Å². The average molecular weight is 256 g/mol. The summed E-state index contributed by atoms with van der Waals surface area (Å²) in [7, 11) is 1.64. The minimum Gasteiger partial charge on any atom is -0.497 e. The molecule has 0 amide bonds. The molecule has 0 atom stereocenters. The lowest BCUT2D eigenvalue weighted by molar-refractivity contribution is 0.382. The van der Waals surface area contributed by atoms with E-state index in [1.807, 2.05) is 36.4 Å². The van der Waals surface area contributed by atoms with Crippen LogP contribution in [0.3, 0.4) is 0 Å². The molecule has 2 aromatic carbocycles. The van der Waals surface area contributed by atoms with E-state index in [2.05, 4.69) is 14.7 Å².